The average molecular weight is 477 g/mol. The molecular formula is C16H27Br2N7. The number of rotatable bonds is 10. The van der Waals surface area contributed by atoms with E-state index in [2.05, 4.69) is 42.7 Å². The first-order valence-electron chi connectivity index (χ1n) is 8.51. The maximum absolute atomic E-state index is 6.14. The molecule has 25 heavy (non-hydrogen) atoms. The standard InChI is InChI=1S/C16H26BrN7.BrH/c1-3-4-5-6-10-24-15(18)14(13-19-24)20-21-16-22(2)11-12-23(16)9-7-8-17;/h11-13,18H,3-10H2,1-2H3;1H. The van der Waals surface area contributed by atoms with Crippen LogP contribution in [-0.4, -0.2) is 19.7 Å². The van der Waals surface area contributed by atoms with Gasteiger partial charge in [-0.15, -0.1) is 0 Å². The molecule has 0 aliphatic heterocycles. The predicted molar refractivity (Wildman–Crippen MR) is 99.0 cm³/mol. The normalized spacial score (nSPS) is 11.2. The number of unbranched alkanes of at least 4 members (excludes halogenated alkanes) is 3. The maximum Gasteiger partial charge on any atom is 0.421 e. The van der Waals surface area contributed by atoms with Gasteiger partial charge in [-0.1, -0.05) is 47.2 Å². The lowest BCUT2D eigenvalue weighted by atomic mass is 10.2. The first-order chi connectivity index (χ1) is 11.7. The van der Waals surface area contributed by atoms with Gasteiger partial charge in [0.25, 0.3) is 0 Å². The van der Waals surface area contributed by atoms with Crippen LogP contribution in [0.5, 0.6) is 0 Å². The highest BCUT2D eigenvalue weighted by atomic mass is 79.9. The van der Waals surface area contributed by atoms with Gasteiger partial charge in [-0.05, 0) is 12.8 Å². The van der Waals surface area contributed by atoms with Gasteiger partial charge in [0, 0.05) is 17.0 Å². The van der Waals surface area contributed by atoms with Crippen molar-refractivity contribution in [2.75, 3.05) is 11.1 Å². The number of aromatic nitrogens is 4. The Labute approximate surface area is 168 Å². The molecule has 0 aliphatic rings. The van der Waals surface area contributed by atoms with Crippen LogP contribution in [-0.2, 0) is 20.1 Å². The molecule has 0 unspecified atom stereocenters. The number of anilines is 1. The van der Waals surface area contributed by atoms with E-state index in [0.717, 1.165) is 37.2 Å². The lowest BCUT2D eigenvalue weighted by molar-refractivity contribution is -0.657. The van der Waals surface area contributed by atoms with Crippen LogP contribution in [0.4, 0.5) is 17.5 Å². The first-order valence-corrected chi connectivity index (χ1v) is 9.63. The van der Waals surface area contributed by atoms with Gasteiger partial charge in [-0.25, -0.2) is 13.8 Å². The van der Waals surface area contributed by atoms with Crippen molar-refractivity contribution < 1.29 is 21.5 Å². The zero-order chi connectivity index (χ0) is 17.4. The van der Waals surface area contributed by atoms with Crippen LogP contribution in [0.1, 0.15) is 39.0 Å². The lowest BCUT2D eigenvalue weighted by Crippen LogP contribution is -3.00. The average Bonchev–Trinajstić information content (AvgIpc) is 3.11. The van der Waals surface area contributed by atoms with Gasteiger partial charge in [0.15, 0.2) is 11.5 Å². The Kier molecular flexibility index (Phi) is 9.96. The van der Waals surface area contributed by atoms with Crippen molar-refractivity contribution in [3.8, 4) is 0 Å². The van der Waals surface area contributed by atoms with Crippen LogP contribution in [0.15, 0.2) is 28.8 Å². The number of hydrogen-bond acceptors (Lipinski definition) is 4. The zero-order valence-electron chi connectivity index (χ0n) is 14.9. The minimum Gasteiger partial charge on any atom is -1.00 e. The van der Waals surface area contributed by atoms with Crippen molar-refractivity contribution in [3.05, 3.63) is 18.6 Å². The Morgan fingerprint density at radius 1 is 1.20 bits per heavy atom. The summed E-state index contributed by atoms with van der Waals surface area (Å²) in [6.45, 7) is 3.93. The van der Waals surface area contributed by atoms with E-state index >= 15 is 0 Å². The summed E-state index contributed by atoms with van der Waals surface area (Å²) in [4.78, 5) is 0. The van der Waals surface area contributed by atoms with E-state index < -0.39 is 0 Å². The van der Waals surface area contributed by atoms with Gasteiger partial charge in [0.05, 0.1) is 32.2 Å². The number of nitrogens with zero attached hydrogens (tertiary/aromatic N) is 6. The quantitative estimate of drug-likeness (QED) is 0.239. The summed E-state index contributed by atoms with van der Waals surface area (Å²) in [5.41, 5.74) is 6.76. The fraction of sp³-hybridized carbons (Fsp3) is 0.625. The second-order valence-electron chi connectivity index (χ2n) is 5.84. The molecule has 7 nitrogen and oxygen atoms in total. The number of alkyl halides is 1. The highest BCUT2D eigenvalue weighted by Gasteiger charge is 2.15. The molecule has 0 aliphatic carbocycles. The molecular weight excluding hydrogens is 450 g/mol. The van der Waals surface area contributed by atoms with Crippen LogP contribution < -0.4 is 27.3 Å². The summed E-state index contributed by atoms with van der Waals surface area (Å²) >= 11 is 3.45. The zero-order valence-corrected chi connectivity index (χ0v) is 18.1. The van der Waals surface area contributed by atoms with Crippen molar-refractivity contribution in [3.63, 3.8) is 0 Å². The molecule has 2 heterocycles. The predicted octanol–water partition coefficient (Wildman–Crippen LogP) is 0.876. The number of imidazole rings is 1. The smallest absolute Gasteiger partial charge is 0.421 e. The summed E-state index contributed by atoms with van der Waals surface area (Å²) in [7, 11) is 1.96. The molecule has 0 saturated carbocycles. The van der Waals surface area contributed by atoms with E-state index in [-0.39, 0.29) is 17.0 Å². The highest BCUT2D eigenvalue weighted by Crippen LogP contribution is 2.23. The van der Waals surface area contributed by atoms with Gasteiger partial charge in [0.1, 0.15) is 0 Å². The molecule has 0 bridgehead atoms. The molecule has 0 radical (unpaired) electrons. The minimum absolute atomic E-state index is 0. The Bertz CT molecular complexity index is 663. The fourth-order valence-electron chi connectivity index (χ4n) is 2.48. The molecule has 140 valence electrons. The van der Waals surface area contributed by atoms with Crippen molar-refractivity contribution in [2.45, 2.75) is 52.1 Å². The van der Waals surface area contributed by atoms with Gasteiger partial charge < -0.3 is 22.7 Å². The summed E-state index contributed by atoms with van der Waals surface area (Å²) in [5.74, 6) is 1.38. The van der Waals surface area contributed by atoms with Gasteiger partial charge in [-0.3, -0.25) is 0 Å². The topological polar surface area (TPSA) is 77.4 Å². The van der Waals surface area contributed by atoms with Crippen LogP contribution in [0.25, 0.3) is 0 Å². The number of nitrogens with two attached hydrogens (primary N) is 1. The largest absolute Gasteiger partial charge is 1.00 e. The molecule has 0 fully saturated rings. The van der Waals surface area contributed by atoms with Gasteiger partial charge in [0.2, 0.25) is 0 Å². The molecule has 0 spiro atoms. The molecule has 2 aromatic heterocycles. The molecule has 2 rings (SSSR count). The maximum atomic E-state index is 6.14. The summed E-state index contributed by atoms with van der Waals surface area (Å²) < 4.78 is 5.84. The summed E-state index contributed by atoms with van der Waals surface area (Å²) in [5, 5.41) is 14.0. The molecule has 2 N–H and O–H groups in total. The van der Waals surface area contributed by atoms with Gasteiger partial charge in [-0.2, -0.15) is 5.10 Å². The van der Waals surface area contributed by atoms with E-state index in [1.54, 1.807) is 6.20 Å². The van der Waals surface area contributed by atoms with Crippen LogP contribution in [0.3, 0.4) is 0 Å². The number of halogens is 2. The summed E-state index contributed by atoms with van der Waals surface area (Å²) in [6, 6.07) is 0. The van der Waals surface area contributed by atoms with Crippen molar-refractivity contribution in [1.29, 1.82) is 0 Å². The second-order valence-corrected chi connectivity index (χ2v) is 6.64. The molecule has 2 aromatic rings. The Morgan fingerprint density at radius 2 is 2.00 bits per heavy atom. The van der Waals surface area contributed by atoms with Gasteiger partial charge >= 0.3 is 5.95 Å². The molecule has 9 heteroatoms. The van der Waals surface area contributed by atoms with Crippen molar-refractivity contribution in [2.24, 2.45) is 17.3 Å². The van der Waals surface area contributed by atoms with Crippen LogP contribution in [0, 0.1) is 0 Å². The number of hydrogen-bond donors (Lipinski definition) is 1. The Morgan fingerprint density at radius 3 is 2.72 bits per heavy atom. The fourth-order valence-corrected chi connectivity index (χ4v) is 2.73. The molecule has 0 amide bonds. The minimum atomic E-state index is 0. The van der Waals surface area contributed by atoms with Crippen LogP contribution in [0.2, 0.25) is 0 Å². The SMILES string of the molecule is CCCCCCn1ncc(/N=N/c2n(CCCBr)cc[n+]2C)c1N.[Br-]. The second kappa shape index (κ2) is 11.4. The third kappa shape index (κ3) is 6.22. The number of nitrogen functional groups attached to an aromatic ring is 1. The van der Waals surface area contributed by atoms with Crippen LogP contribution >= 0.6 is 15.9 Å². The number of aryl methyl sites for hydroxylation is 3. The Hall–Kier alpha value is -1.22. The molecule has 0 atom stereocenters. The Balaban J connectivity index is 0.00000312. The summed E-state index contributed by atoms with van der Waals surface area (Å²) in [6.07, 6.45) is 11.5. The molecule has 0 aromatic carbocycles. The highest BCUT2D eigenvalue weighted by molar-refractivity contribution is 9.09. The third-order valence-corrected chi connectivity index (χ3v) is 4.47. The first kappa shape index (κ1) is 21.8. The van der Waals surface area contributed by atoms with E-state index in [0.29, 0.717) is 11.5 Å². The van der Waals surface area contributed by atoms with Crippen molar-refractivity contribution in [1.82, 2.24) is 14.3 Å². The third-order valence-electron chi connectivity index (χ3n) is 3.91. The van der Waals surface area contributed by atoms with E-state index in [1.807, 2.05) is 28.7 Å². The van der Waals surface area contributed by atoms with E-state index in [4.69, 9.17) is 5.73 Å². The van der Waals surface area contributed by atoms with E-state index in [1.165, 1.54) is 19.3 Å². The molecule has 0 saturated heterocycles. The number of azo groups is 1. The lowest BCUT2D eigenvalue weighted by Gasteiger charge is -2.03. The monoisotopic (exact) mass is 475 g/mol. The van der Waals surface area contributed by atoms with E-state index in [9.17, 15) is 0 Å². The van der Waals surface area contributed by atoms with Crippen molar-refractivity contribution >= 4 is 33.4 Å².